The van der Waals surface area contributed by atoms with Gasteiger partial charge in [-0.3, -0.25) is 4.79 Å². The Morgan fingerprint density at radius 2 is 2.06 bits per heavy atom. The topological polar surface area (TPSA) is 75.3 Å². The van der Waals surface area contributed by atoms with Gasteiger partial charge in [-0.2, -0.15) is 0 Å². The van der Waals surface area contributed by atoms with Gasteiger partial charge in [-0.1, -0.05) is 6.42 Å². The second-order valence-corrected chi connectivity index (χ2v) is 7.28. The van der Waals surface area contributed by atoms with Crippen molar-refractivity contribution in [3.63, 3.8) is 0 Å². The van der Waals surface area contributed by atoms with Crippen molar-refractivity contribution >= 4 is 15.7 Å². The lowest BCUT2D eigenvalue weighted by Gasteiger charge is -2.23. The molecule has 17 heavy (non-hydrogen) atoms. The summed E-state index contributed by atoms with van der Waals surface area (Å²) in [7, 11) is -2.95. The van der Waals surface area contributed by atoms with E-state index in [0.29, 0.717) is 6.42 Å². The zero-order chi connectivity index (χ0) is 12.3. The molecule has 2 atom stereocenters. The first-order valence-corrected chi connectivity index (χ1v) is 8.04. The minimum atomic E-state index is -2.95. The number of rotatable bonds is 3. The lowest BCUT2D eigenvalue weighted by atomic mass is 10.0. The van der Waals surface area contributed by atoms with Crippen LogP contribution in [0.1, 0.15) is 32.1 Å². The molecule has 1 unspecified atom stereocenters. The third-order valence-electron chi connectivity index (χ3n) is 3.59. The highest BCUT2D eigenvalue weighted by Crippen LogP contribution is 2.19. The van der Waals surface area contributed by atoms with E-state index in [-0.39, 0.29) is 29.5 Å². The molecule has 0 aliphatic carbocycles. The molecule has 2 rings (SSSR count). The van der Waals surface area contributed by atoms with Crippen LogP contribution in [0.2, 0.25) is 0 Å². The Kier molecular flexibility index (Phi) is 4.04. The van der Waals surface area contributed by atoms with E-state index in [2.05, 4.69) is 10.6 Å². The van der Waals surface area contributed by atoms with Crippen LogP contribution in [0.4, 0.5) is 0 Å². The Bertz CT molecular complexity index is 374. The summed E-state index contributed by atoms with van der Waals surface area (Å²) in [6, 6.07) is -0.132. The van der Waals surface area contributed by atoms with E-state index in [1.807, 2.05) is 0 Å². The van der Waals surface area contributed by atoms with Gasteiger partial charge in [0.05, 0.1) is 17.0 Å². The summed E-state index contributed by atoms with van der Waals surface area (Å²) in [5.41, 5.74) is 0. The van der Waals surface area contributed by atoms with Gasteiger partial charge in [0, 0.05) is 6.54 Å². The predicted octanol–water partition coefficient (Wildman–Crippen LogP) is -0.178. The van der Waals surface area contributed by atoms with Crippen LogP contribution in [0, 0.1) is 0 Å². The third-order valence-corrected chi connectivity index (χ3v) is 5.87. The van der Waals surface area contributed by atoms with Gasteiger partial charge in [0.1, 0.15) is 0 Å². The van der Waals surface area contributed by atoms with Gasteiger partial charge in [-0.05, 0) is 32.2 Å². The SMILES string of the molecule is O=C(NCC1CCCS1(=O)=O)[C@H]1CCCCN1. The summed E-state index contributed by atoms with van der Waals surface area (Å²) in [5, 5.41) is 5.56. The minimum absolute atomic E-state index is 0.0493. The van der Waals surface area contributed by atoms with Crippen molar-refractivity contribution in [1.29, 1.82) is 0 Å². The molecule has 0 spiro atoms. The Balaban J connectivity index is 1.79. The fraction of sp³-hybridized carbons (Fsp3) is 0.909. The molecule has 2 heterocycles. The number of piperidine rings is 1. The number of nitrogens with one attached hydrogen (secondary N) is 2. The number of amides is 1. The molecule has 98 valence electrons. The highest BCUT2D eigenvalue weighted by molar-refractivity contribution is 7.92. The van der Waals surface area contributed by atoms with Crippen LogP contribution in [-0.2, 0) is 14.6 Å². The van der Waals surface area contributed by atoms with Crippen LogP contribution in [0.3, 0.4) is 0 Å². The van der Waals surface area contributed by atoms with E-state index >= 15 is 0 Å². The van der Waals surface area contributed by atoms with Crippen LogP contribution in [0.5, 0.6) is 0 Å². The molecule has 0 aromatic carbocycles. The average Bonchev–Trinajstić information content (AvgIpc) is 2.66. The number of carbonyl (C=O) groups excluding carboxylic acids is 1. The highest BCUT2D eigenvalue weighted by atomic mass is 32.2. The first-order chi connectivity index (χ1) is 8.09. The van der Waals surface area contributed by atoms with Crippen molar-refractivity contribution in [1.82, 2.24) is 10.6 Å². The van der Waals surface area contributed by atoms with Crippen molar-refractivity contribution in [2.24, 2.45) is 0 Å². The van der Waals surface area contributed by atoms with Crippen LogP contribution in [0.25, 0.3) is 0 Å². The molecule has 0 aromatic rings. The molecule has 6 heteroatoms. The molecular weight excluding hydrogens is 240 g/mol. The maximum absolute atomic E-state index is 11.8. The monoisotopic (exact) mass is 260 g/mol. The fourth-order valence-electron chi connectivity index (χ4n) is 2.50. The largest absolute Gasteiger partial charge is 0.353 e. The van der Waals surface area contributed by atoms with Crippen LogP contribution in [0.15, 0.2) is 0 Å². The Morgan fingerprint density at radius 3 is 2.65 bits per heavy atom. The van der Waals surface area contributed by atoms with Crippen molar-refractivity contribution < 1.29 is 13.2 Å². The lowest BCUT2D eigenvalue weighted by molar-refractivity contribution is -0.123. The van der Waals surface area contributed by atoms with Gasteiger partial charge in [0.2, 0.25) is 5.91 Å². The van der Waals surface area contributed by atoms with E-state index < -0.39 is 9.84 Å². The van der Waals surface area contributed by atoms with Crippen LogP contribution >= 0.6 is 0 Å². The maximum atomic E-state index is 11.8. The number of sulfone groups is 1. The average molecular weight is 260 g/mol. The zero-order valence-corrected chi connectivity index (χ0v) is 10.8. The van der Waals surface area contributed by atoms with Crippen molar-refractivity contribution in [2.75, 3.05) is 18.8 Å². The van der Waals surface area contributed by atoms with Gasteiger partial charge >= 0.3 is 0 Å². The van der Waals surface area contributed by atoms with E-state index in [0.717, 1.165) is 32.2 Å². The molecule has 5 nitrogen and oxygen atoms in total. The van der Waals surface area contributed by atoms with Gasteiger partial charge < -0.3 is 10.6 Å². The van der Waals surface area contributed by atoms with E-state index in [9.17, 15) is 13.2 Å². The molecule has 0 saturated carbocycles. The van der Waals surface area contributed by atoms with Gasteiger partial charge in [0.15, 0.2) is 9.84 Å². The Labute approximate surface area is 102 Å². The normalized spacial score (nSPS) is 32.2. The minimum Gasteiger partial charge on any atom is -0.353 e. The Hall–Kier alpha value is -0.620. The maximum Gasteiger partial charge on any atom is 0.237 e. The molecule has 2 aliphatic heterocycles. The summed E-state index contributed by atoms with van der Waals surface area (Å²) >= 11 is 0. The summed E-state index contributed by atoms with van der Waals surface area (Å²) in [4.78, 5) is 11.8. The first kappa shape index (κ1) is 12.8. The summed E-state index contributed by atoms with van der Waals surface area (Å²) < 4.78 is 23.2. The third kappa shape index (κ3) is 3.19. The fourth-order valence-corrected chi connectivity index (χ4v) is 4.27. The number of hydrogen-bond acceptors (Lipinski definition) is 4. The summed E-state index contributed by atoms with van der Waals surface area (Å²) in [6.07, 6.45) is 4.43. The molecular formula is C11H20N2O3S. The van der Waals surface area contributed by atoms with Gasteiger partial charge in [-0.15, -0.1) is 0 Å². The molecule has 2 aliphatic rings. The smallest absolute Gasteiger partial charge is 0.237 e. The second-order valence-electron chi connectivity index (χ2n) is 4.88. The van der Waals surface area contributed by atoms with Crippen LogP contribution < -0.4 is 10.6 Å². The van der Waals surface area contributed by atoms with E-state index in [1.165, 1.54) is 0 Å². The first-order valence-electron chi connectivity index (χ1n) is 6.32. The van der Waals surface area contributed by atoms with Gasteiger partial charge in [0.25, 0.3) is 0 Å². The van der Waals surface area contributed by atoms with Crippen molar-refractivity contribution in [3.8, 4) is 0 Å². The van der Waals surface area contributed by atoms with Crippen molar-refractivity contribution in [2.45, 2.75) is 43.4 Å². The second kappa shape index (κ2) is 5.35. The highest BCUT2D eigenvalue weighted by Gasteiger charge is 2.32. The van der Waals surface area contributed by atoms with E-state index in [1.54, 1.807) is 0 Å². The standard InChI is InChI=1S/C11H20N2O3S/c14-11(10-5-1-2-6-12-10)13-8-9-4-3-7-17(9,15)16/h9-10,12H,1-8H2,(H,13,14)/t9?,10-/m1/s1. The molecule has 0 aromatic heterocycles. The number of hydrogen-bond donors (Lipinski definition) is 2. The molecule has 2 saturated heterocycles. The Morgan fingerprint density at radius 1 is 1.24 bits per heavy atom. The number of carbonyl (C=O) groups is 1. The lowest BCUT2D eigenvalue weighted by Crippen LogP contribution is -2.48. The van der Waals surface area contributed by atoms with E-state index in [4.69, 9.17) is 0 Å². The molecule has 0 radical (unpaired) electrons. The molecule has 2 fully saturated rings. The van der Waals surface area contributed by atoms with Gasteiger partial charge in [-0.25, -0.2) is 8.42 Å². The quantitative estimate of drug-likeness (QED) is 0.738. The summed E-state index contributed by atoms with van der Waals surface area (Å²) in [5.74, 6) is 0.224. The molecule has 1 amide bonds. The molecule has 2 N–H and O–H groups in total. The van der Waals surface area contributed by atoms with Crippen LogP contribution in [-0.4, -0.2) is 44.5 Å². The summed E-state index contributed by atoms with van der Waals surface area (Å²) in [6.45, 7) is 1.15. The zero-order valence-electron chi connectivity index (χ0n) is 9.94. The predicted molar refractivity (Wildman–Crippen MR) is 65.5 cm³/mol. The molecule has 0 bridgehead atoms. The van der Waals surface area contributed by atoms with Crippen molar-refractivity contribution in [3.05, 3.63) is 0 Å².